The van der Waals surface area contributed by atoms with Crippen LogP contribution >= 0.6 is 0 Å². The van der Waals surface area contributed by atoms with E-state index in [1.54, 1.807) is 44.4 Å². The van der Waals surface area contributed by atoms with Gasteiger partial charge in [0, 0.05) is 11.8 Å². The van der Waals surface area contributed by atoms with E-state index in [1.807, 2.05) is 26.0 Å². The standard InChI is InChI=1S/C24H26N2O5S/c1-16-8-13-23(17(2)14-16)26-32(28,29)22-11-9-19(10-12-22)25-24(27)18(3)31-21-7-5-6-20(15-21)30-4/h5-15,18,26H,1-4H3,(H,25,27)/t18-/m0/s1. The molecule has 168 valence electrons. The maximum absolute atomic E-state index is 12.7. The van der Waals surface area contributed by atoms with Crippen molar-refractivity contribution in [2.24, 2.45) is 0 Å². The number of sulfonamides is 1. The Kier molecular flexibility index (Phi) is 7.05. The summed E-state index contributed by atoms with van der Waals surface area (Å²) in [5.74, 6) is 0.768. The third-order valence-corrected chi connectivity index (χ3v) is 6.16. The Bertz CT molecular complexity index is 1210. The van der Waals surface area contributed by atoms with E-state index >= 15 is 0 Å². The highest BCUT2D eigenvalue weighted by Crippen LogP contribution is 2.23. The molecule has 2 N–H and O–H groups in total. The van der Waals surface area contributed by atoms with Crippen molar-refractivity contribution in [2.75, 3.05) is 17.1 Å². The van der Waals surface area contributed by atoms with Crippen molar-refractivity contribution < 1.29 is 22.7 Å². The molecule has 8 heteroatoms. The van der Waals surface area contributed by atoms with Crippen molar-refractivity contribution in [3.8, 4) is 11.5 Å². The summed E-state index contributed by atoms with van der Waals surface area (Å²) >= 11 is 0. The number of aryl methyl sites for hydroxylation is 2. The second-order valence-corrected chi connectivity index (χ2v) is 9.06. The Morgan fingerprint density at radius 2 is 1.62 bits per heavy atom. The zero-order chi connectivity index (χ0) is 23.3. The van der Waals surface area contributed by atoms with Crippen LogP contribution in [-0.2, 0) is 14.8 Å². The first-order valence-corrected chi connectivity index (χ1v) is 11.5. The van der Waals surface area contributed by atoms with Crippen LogP contribution < -0.4 is 19.5 Å². The number of nitrogens with one attached hydrogen (secondary N) is 2. The minimum absolute atomic E-state index is 0.0937. The SMILES string of the molecule is COc1cccc(O[C@@H](C)C(=O)Nc2ccc(S(=O)(=O)Nc3ccc(C)cc3C)cc2)c1. The average molecular weight is 455 g/mol. The van der Waals surface area contributed by atoms with Gasteiger partial charge in [-0.05, 0) is 68.8 Å². The van der Waals surface area contributed by atoms with E-state index in [-0.39, 0.29) is 10.8 Å². The quantitative estimate of drug-likeness (QED) is 0.522. The molecule has 3 aromatic rings. The maximum Gasteiger partial charge on any atom is 0.265 e. The lowest BCUT2D eigenvalue weighted by Gasteiger charge is -2.15. The summed E-state index contributed by atoms with van der Waals surface area (Å²) in [7, 11) is -2.20. The molecule has 0 saturated heterocycles. The number of hydrogen-bond acceptors (Lipinski definition) is 5. The van der Waals surface area contributed by atoms with Crippen LogP contribution in [0.1, 0.15) is 18.1 Å². The molecular weight excluding hydrogens is 428 g/mol. The monoisotopic (exact) mass is 454 g/mol. The van der Waals surface area contributed by atoms with Gasteiger partial charge in [0.15, 0.2) is 6.10 Å². The van der Waals surface area contributed by atoms with Crippen LogP contribution in [0.25, 0.3) is 0 Å². The van der Waals surface area contributed by atoms with Crippen LogP contribution in [0.4, 0.5) is 11.4 Å². The molecule has 0 spiro atoms. The van der Waals surface area contributed by atoms with Gasteiger partial charge in [0.05, 0.1) is 17.7 Å². The minimum Gasteiger partial charge on any atom is -0.497 e. The first kappa shape index (κ1) is 23.1. The van der Waals surface area contributed by atoms with E-state index in [4.69, 9.17) is 9.47 Å². The maximum atomic E-state index is 12.7. The molecule has 3 rings (SSSR count). The second kappa shape index (κ2) is 9.74. The Labute approximate surface area is 188 Å². The molecule has 3 aromatic carbocycles. The van der Waals surface area contributed by atoms with E-state index in [1.165, 1.54) is 24.3 Å². The van der Waals surface area contributed by atoms with Gasteiger partial charge in [-0.1, -0.05) is 23.8 Å². The van der Waals surface area contributed by atoms with Gasteiger partial charge < -0.3 is 14.8 Å². The van der Waals surface area contributed by atoms with E-state index < -0.39 is 16.1 Å². The normalized spacial score (nSPS) is 12.0. The lowest BCUT2D eigenvalue weighted by molar-refractivity contribution is -0.122. The molecule has 0 aliphatic rings. The van der Waals surface area contributed by atoms with Crippen LogP contribution in [0.15, 0.2) is 71.6 Å². The number of anilines is 2. The highest BCUT2D eigenvalue weighted by molar-refractivity contribution is 7.92. The van der Waals surface area contributed by atoms with Crippen molar-refractivity contribution in [2.45, 2.75) is 31.8 Å². The fourth-order valence-corrected chi connectivity index (χ4v) is 4.16. The number of benzene rings is 3. The van der Waals surface area contributed by atoms with Crippen LogP contribution in [0.3, 0.4) is 0 Å². The average Bonchev–Trinajstić information content (AvgIpc) is 2.76. The number of methoxy groups -OCH3 is 1. The number of carbonyl (C=O) groups is 1. The third-order valence-electron chi connectivity index (χ3n) is 4.78. The lowest BCUT2D eigenvalue weighted by atomic mass is 10.1. The largest absolute Gasteiger partial charge is 0.497 e. The first-order chi connectivity index (χ1) is 15.2. The predicted molar refractivity (Wildman–Crippen MR) is 125 cm³/mol. The predicted octanol–water partition coefficient (Wildman–Crippen LogP) is 4.52. The molecule has 0 unspecified atom stereocenters. The lowest BCUT2D eigenvalue weighted by Crippen LogP contribution is -2.30. The van der Waals surface area contributed by atoms with Gasteiger partial charge in [0.1, 0.15) is 11.5 Å². The molecule has 1 atom stereocenters. The zero-order valence-corrected chi connectivity index (χ0v) is 19.2. The van der Waals surface area contributed by atoms with Crippen LogP contribution in [-0.4, -0.2) is 27.5 Å². The molecule has 0 radical (unpaired) electrons. The molecule has 7 nitrogen and oxygen atoms in total. The van der Waals surface area contributed by atoms with Crippen LogP contribution in [0.2, 0.25) is 0 Å². The molecule has 0 bridgehead atoms. The summed E-state index contributed by atoms with van der Waals surface area (Å²) in [6.07, 6.45) is -0.767. The second-order valence-electron chi connectivity index (χ2n) is 7.38. The Morgan fingerprint density at radius 3 is 2.28 bits per heavy atom. The third kappa shape index (κ3) is 5.79. The number of hydrogen-bond donors (Lipinski definition) is 2. The number of carbonyl (C=O) groups excluding carboxylic acids is 1. The van der Waals surface area contributed by atoms with Gasteiger partial charge in [-0.3, -0.25) is 9.52 Å². The minimum atomic E-state index is -3.76. The molecule has 0 aromatic heterocycles. The topological polar surface area (TPSA) is 93.7 Å². The fourth-order valence-electron chi connectivity index (χ4n) is 3.03. The summed E-state index contributed by atoms with van der Waals surface area (Å²) in [5, 5.41) is 2.72. The van der Waals surface area contributed by atoms with E-state index in [9.17, 15) is 13.2 Å². The van der Waals surface area contributed by atoms with Crippen molar-refractivity contribution in [3.63, 3.8) is 0 Å². The molecule has 1 amide bonds. The summed E-state index contributed by atoms with van der Waals surface area (Å²) in [4.78, 5) is 12.6. The molecular formula is C24H26N2O5S. The first-order valence-electron chi connectivity index (χ1n) is 9.99. The highest BCUT2D eigenvalue weighted by atomic mass is 32.2. The molecule has 0 aliphatic carbocycles. The molecule has 0 saturated carbocycles. The van der Waals surface area contributed by atoms with Crippen molar-refractivity contribution in [3.05, 3.63) is 77.9 Å². The summed E-state index contributed by atoms with van der Waals surface area (Å²) in [5.41, 5.74) is 2.87. The van der Waals surface area contributed by atoms with E-state index in [0.29, 0.717) is 22.9 Å². The molecule has 0 heterocycles. The fraction of sp³-hybridized carbons (Fsp3) is 0.208. The van der Waals surface area contributed by atoms with Gasteiger partial charge in [-0.2, -0.15) is 0 Å². The Morgan fingerprint density at radius 1 is 0.938 bits per heavy atom. The summed E-state index contributed by atoms with van der Waals surface area (Å²) in [6.45, 7) is 5.42. The van der Waals surface area contributed by atoms with Gasteiger partial charge >= 0.3 is 0 Å². The zero-order valence-electron chi connectivity index (χ0n) is 18.4. The van der Waals surface area contributed by atoms with E-state index in [0.717, 1.165) is 11.1 Å². The molecule has 0 aliphatic heterocycles. The van der Waals surface area contributed by atoms with Crippen molar-refractivity contribution in [1.82, 2.24) is 0 Å². The van der Waals surface area contributed by atoms with Crippen molar-refractivity contribution in [1.29, 1.82) is 0 Å². The van der Waals surface area contributed by atoms with Crippen LogP contribution in [0, 0.1) is 13.8 Å². The molecule has 0 fully saturated rings. The van der Waals surface area contributed by atoms with Gasteiger partial charge in [0.2, 0.25) is 0 Å². The Hall–Kier alpha value is -3.52. The van der Waals surface area contributed by atoms with Crippen molar-refractivity contribution >= 4 is 27.3 Å². The summed E-state index contributed by atoms with van der Waals surface area (Å²) < 4.78 is 38.8. The highest BCUT2D eigenvalue weighted by Gasteiger charge is 2.18. The molecule has 32 heavy (non-hydrogen) atoms. The number of rotatable bonds is 8. The van der Waals surface area contributed by atoms with E-state index in [2.05, 4.69) is 10.0 Å². The summed E-state index contributed by atoms with van der Waals surface area (Å²) in [6, 6.07) is 18.4. The number of ether oxygens (including phenoxy) is 2. The number of amides is 1. The Balaban J connectivity index is 1.64. The van der Waals surface area contributed by atoms with Gasteiger partial charge in [0.25, 0.3) is 15.9 Å². The van der Waals surface area contributed by atoms with Crippen LogP contribution in [0.5, 0.6) is 11.5 Å². The smallest absolute Gasteiger partial charge is 0.265 e. The van der Waals surface area contributed by atoms with Gasteiger partial charge in [-0.15, -0.1) is 0 Å². The van der Waals surface area contributed by atoms with Gasteiger partial charge in [-0.25, -0.2) is 8.42 Å².